The number of para-hydroxylation sites is 1. The Kier molecular flexibility index (Phi) is 3.23. The summed E-state index contributed by atoms with van der Waals surface area (Å²) in [5.74, 6) is 11.4. The van der Waals surface area contributed by atoms with E-state index in [9.17, 15) is 0 Å². The summed E-state index contributed by atoms with van der Waals surface area (Å²) in [7, 11) is 0. The van der Waals surface area contributed by atoms with Gasteiger partial charge < -0.3 is 4.74 Å². The van der Waals surface area contributed by atoms with Crippen molar-refractivity contribution in [1.82, 2.24) is 5.43 Å². The van der Waals surface area contributed by atoms with E-state index in [0.717, 1.165) is 35.3 Å². The fourth-order valence-electron chi connectivity index (χ4n) is 5.35. The third-order valence-electron chi connectivity index (χ3n) is 5.98. The number of benzene rings is 1. The Hall–Kier alpha value is -1.06. The van der Waals surface area contributed by atoms with E-state index in [0.29, 0.717) is 0 Å². The van der Waals surface area contributed by atoms with Gasteiger partial charge in [0.2, 0.25) is 0 Å². The lowest BCUT2D eigenvalue weighted by Gasteiger charge is -2.23. The predicted octanol–water partition coefficient (Wildman–Crippen LogP) is 3.27. The van der Waals surface area contributed by atoms with Gasteiger partial charge in [-0.2, -0.15) is 0 Å². The van der Waals surface area contributed by atoms with Crippen LogP contribution in [0.2, 0.25) is 0 Å². The third-order valence-corrected chi connectivity index (χ3v) is 5.98. The van der Waals surface area contributed by atoms with Crippen molar-refractivity contribution in [2.24, 2.45) is 35.4 Å². The molecule has 5 unspecified atom stereocenters. The molecule has 0 heterocycles. The quantitative estimate of drug-likeness (QED) is 0.645. The van der Waals surface area contributed by atoms with Crippen LogP contribution < -0.4 is 16.0 Å². The van der Waals surface area contributed by atoms with Gasteiger partial charge in [-0.15, -0.1) is 0 Å². The van der Waals surface area contributed by atoms with Crippen LogP contribution in [0.25, 0.3) is 0 Å². The molecule has 1 aromatic rings. The molecule has 0 saturated heterocycles. The van der Waals surface area contributed by atoms with Crippen molar-refractivity contribution in [3.8, 4) is 5.75 Å². The maximum Gasteiger partial charge on any atom is 0.124 e. The van der Waals surface area contributed by atoms with Crippen molar-refractivity contribution in [2.75, 3.05) is 0 Å². The number of nitrogens with two attached hydrogens (primary N) is 1. The SMILES string of the molecule is CC(C)Oc1ccccc1C(NN)C1C2C3CCC(C3)C21. The smallest absolute Gasteiger partial charge is 0.124 e. The highest BCUT2D eigenvalue weighted by atomic mass is 16.5. The van der Waals surface area contributed by atoms with E-state index in [4.69, 9.17) is 10.6 Å². The van der Waals surface area contributed by atoms with Crippen LogP contribution >= 0.6 is 0 Å². The summed E-state index contributed by atoms with van der Waals surface area (Å²) >= 11 is 0. The van der Waals surface area contributed by atoms with Crippen LogP contribution in [0.15, 0.2) is 24.3 Å². The molecule has 0 aliphatic heterocycles. The summed E-state index contributed by atoms with van der Waals surface area (Å²) in [4.78, 5) is 0. The monoisotopic (exact) mass is 286 g/mol. The molecule has 3 N–H and O–H groups in total. The molecule has 3 fully saturated rings. The minimum atomic E-state index is 0.194. The molecular formula is C18H26N2O. The summed E-state index contributed by atoms with van der Waals surface area (Å²) < 4.78 is 6.00. The normalized spacial score (nSPS) is 37.6. The number of hydrazine groups is 1. The Morgan fingerprint density at radius 3 is 2.43 bits per heavy atom. The van der Waals surface area contributed by atoms with Crippen molar-refractivity contribution in [3.63, 3.8) is 0 Å². The van der Waals surface area contributed by atoms with Gasteiger partial charge in [0.25, 0.3) is 0 Å². The van der Waals surface area contributed by atoms with E-state index in [-0.39, 0.29) is 12.1 Å². The van der Waals surface area contributed by atoms with E-state index < -0.39 is 0 Å². The molecule has 0 aromatic heterocycles. The molecule has 21 heavy (non-hydrogen) atoms. The average Bonchev–Trinajstić information content (AvgIpc) is 2.89. The van der Waals surface area contributed by atoms with Crippen molar-refractivity contribution >= 4 is 0 Å². The molecule has 114 valence electrons. The summed E-state index contributed by atoms with van der Waals surface area (Å²) in [6.07, 6.45) is 4.57. The molecule has 3 aliphatic carbocycles. The van der Waals surface area contributed by atoms with Crippen molar-refractivity contribution in [1.29, 1.82) is 0 Å². The molecule has 2 bridgehead atoms. The van der Waals surface area contributed by atoms with Gasteiger partial charge in [0.05, 0.1) is 12.1 Å². The lowest BCUT2D eigenvalue weighted by molar-refractivity contribution is 0.235. The molecule has 0 amide bonds. The van der Waals surface area contributed by atoms with Crippen LogP contribution in [0.4, 0.5) is 0 Å². The van der Waals surface area contributed by atoms with Gasteiger partial charge in [0.15, 0.2) is 0 Å². The first-order chi connectivity index (χ1) is 10.2. The highest BCUT2D eigenvalue weighted by Gasteiger charge is 2.66. The number of nitrogens with one attached hydrogen (secondary N) is 1. The summed E-state index contributed by atoms with van der Waals surface area (Å²) in [5.41, 5.74) is 4.35. The highest BCUT2D eigenvalue weighted by Crippen LogP contribution is 2.72. The van der Waals surface area contributed by atoms with Crippen molar-refractivity contribution in [2.45, 2.75) is 45.3 Å². The zero-order valence-corrected chi connectivity index (χ0v) is 13.0. The Bertz CT molecular complexity index is 514. The average molecular weight is 286 g/mol. The maximum absolute atomic E-state index is 6.00. The molecule has 0 radical (unpaired) electrons. The number of rotatable bonds is 5. The molecule has 3 saturated carbocycles. The summed E-state index contributed by atoms with van der Waals surface area (Å²) in [6.45, 7) is 4.15. The molecule has 5 atom stereocenters. The molecule has 0 spiro atoms. The van der Waals surface area contributed by atoms with E-state index >= 15 is 0 Å². The molecule has 4 rings (SSSR count). The fraction of sp³-hybridized carbons (Fsp3) is 0.667. The van der Waals surface area contributed by atoms with E-state index in [1.54, 1.807) is 0 Å². The van der Waals surface area contributed by atoms with Crippen molar-refractivity contribution in [3.05, 3.63) is 29.8 Å². The zero-order valence-electron chi connectivity index (χ0n) is 13.0. The first-order valence-electron chi connectivity index (χ1n) is 8.42. The van der Waals surface area contributed by atoms with Gasteiger partial charge >= 0.3 is 0 Å². The minimum absolute atomic E-state index is 0.194. The van der Waals surface area contributed by atoms with Crippen LogP contribution in [-0.4, -0.2) is 6.10 Å². The molecular weight excluding hydrogens is 260 g/mol. The van der Waals surface area contributed by atoms with Crippen LogP contribution in [0.3, 0.4) is 0 Å². The lowest BCUT2D eigenvalue weighted by Crippen LogP contribution is -2.32. The molecule has 1 aromatic carbocycles. The van der Waals surface area contributed by atoms with E-state index in [2.05, 4.69) is 37.5 Å². The van der Waals surface area contributed by atoms with Crippen LogP contribution in [0, 0.1) is 29.6 Å². The Morgan fingerprint density at radius 2 is 1.81 bits per heavy atom. The Labute approximate surface area is 127 Å². The zero-order chi connectivity index (χ0) is 14.6. The largest absolute Gasteiger partial charge is 0.491 e. The Morgan fingerprint density at radius 1 is 1.14 bits per heavy atom. The van der Waals surface area contributed by atoms with Gasteiger partial charge in [0.1, 0.15) is 5.75 Å². The van der Waals surface area contributed by atoms with Crippen LogP contribution in [0.5, 0.6) is 5.75 Å². The van der Waals surface area contributed by atoms with Gasteiger partial charge in [-0.05, 0) is 68.8 Å². The second kappa shape index (κ2) is 4.99. The van der Waals surface area contributed by atoms with Gasteiger partial charge in [0, 0.05) is 5.56 Å². The number of hydrogen-bond donors (Lipinski definition) is 2. The van der Waals surface area contributed by atoms with E-state index in [1.165, 1.54) is 24.8 Å². The lowest BCUT2D eigenvalue weighted by atomic mass is 9.93. The van der Waals surface area contributed by atoms with Gasteiger partial charge in [-0.1, -0.05) is 18.2 Å². The maximum atomic E-state index is 6.00. The topological polar surface area (TPSA) is 47.3 Å². The Balaban J connectivity index is 1.60. The van der Waals surface area contributed by atoms with Crippen LogP contribution in [-0.2, 0) is 0 Å². The standard InChI is InChI=1S/C18H26N2O/c1-10(2)21-14-6-4-3-5-13(14)18(20-19)17-15-11-7-8-12(9-11)16(15)17/h3-6,10-12,15-18,20H,7-9,19H2,1-2H3. The number of hydrogen-bond acceptors (Lipinski definition) is 3. The van der Waals surface area contributed by atoms with Gasteiger partial charge in [-0.3, -0.25) is 11.3 Å². The molecule has 3 aliphatic rings. The van der Waals surface area contributed by atoms with Gasteiger partial charge in [-0.25, -0.2) is 0 Å². The predicted molar refractivity (Wildman–Crippen MR) is 83.6 cm³/mol. The molecule has 3 heteroatoms. The number of fused-ring (bicyclic) bond motifs is 5. The van der Waals surface area contributed by atoms with Crippen LogP contribution in [0.1, 0.15) is 44.7 Å². The third kappa shape index (κ3) is 2.09. The molecule has 3 nitrogen and oxygen atoms in total. The summed E-state index contributed by atoms with van der Waals surface area (Å²) in [6, 6.07) is 8.65. The van der Waals surface area contributed by atoms with Crippen molar-refractivity contribution < 1.29 is 4.74 Å². The first-order valence-corrected chi connectivity index (χ1v) is 8.42. The minimum Gasteiger partial charge on any atom is -0.491 e. The highest BCUT2D eigenvalue weighted by molar-refractivity contribution is 5.38. The second-order valence-corrected chi connectivity index (χ2v) is 7.41. The van der Waals surface area contributed by atoms with E-state index in [1.807, 2.05) is 6.07 Å². The fourth-order valence-corrected chi connectivity index (χ4v) is 5.35. The second-order valence-electron chi connectivity index (χ2n) is 7.41. The summed E-state index contributed by atoms with van der Waals surface area (Å²) in [5, 5.41) is 0. The first kappa shape index (κ1) is 13.6. The number of ether oxygens (including phenoxy) is 1.